The van der Waals surface area contributed by atoms with Crippen LogP contribution < -0.4 is 10.6 Å². The Morgan fingerprint density at radius 2 is 2.05 bits per heavy atom. The zero-order chi connectivity index (χ0) is 15.2. The monoisotopic (exact) mass is 332 g/mol. The van der Waals surface area contributed by atoms with Gasteiger partial charge in [0.25, 0.3) is 0 Å². The van der Waals surface area contributed by atoms with Crippen LogP contribution in [0, 0.1) is 0 Å². The second-order valence-corrected chi connectivity index (χ2v) is 5.82. The van der Waals surface area contributed by atoms with Crippen molar-refractivity contribution in [3.05, 3.63) is 33.8 Å². The van der Waals surface area contributed by atoms with E-state index in [9.17, 15) is 9.90 Å². The Morgan fingerprint density at radius 3 is 2.67 bits per heavy atom. The SMILES string of the molecule is O=C(NCC1CCCO1)NCC(O)c1cc(Cl)cc(Cl)c1. The fraction of sp³-hybridized carbons (Fsp3) is 0.500. The van der Waals surface area contributed by atoms with E-state index in [1.165, 1.54) is 0 Å². The van der Waals surface area contributed by atoms with Crippen molar-refractivity contribution in [3.63, 3.8) is 0 Å². The molecule has 1 aliphatic rings. The predicted molar refractivity (Wildman–Crippen MR) is 81.8 cm³/mol. The fourth-order valence-corrected chi connectivity index (χ4v) is 2.69. The molecule has 2 amide bonds. The molecule has 1 aliphatic heterocycles. The Bertz CT molecular complexity index is 473. The number of urea groups is 1. The van der Waals surface area contributed by atoms with Crippen LogP contribution in [0.25, 0.3) is 0 Å². The Balaban J connectivity index is 1.74. The molecule has 0 spiro atoms. The van der Waals surface area contributed by atoms with Crippen LogP contribution in [-0.2, 0) is 4.74 Å². The lowest BCUT2D eigenvalue weighted by Crippen LogP contribution is -2.41. The summed E-state index contributed by atoms with van der Waals surface area (Å²) >= 11 is 11.7. The van der Waals surface area contributed by atoms with Crippen LogP contribution in [-0.4, -0.2) is 36.9 Å². The van der Waals surface area contributed by atoms with Gasteiger partial charge in [0, 0.05) is 29.7 Å². The van der Waals surface area contributed by atoms with Crippen molar-refractivity contribution in [2.24, 2.45) is 0 Å². The molecule has 0 aliphatic carbocycles. The van der Waals surface area contributed by atoms with Crippen molar-refractivity contribution in [2.75, 3.05) is 19.7 Å². The minimum absolute atomic E-state index is 0.0774. The van der Waals surface area contributed by atoms with Gasteiger partial charge < -0.3 is 20.5 Å². The number of halogens is 2. The molecule has 5 nitrogen and oxygen atoms in total. The number of nitrogens with one attached hydrogen (secondary N) is 2. The molecule has 0 aromatic heterocycles. The van der Waals surface area contributed by atoms with Crippen molar-refractivity contribution in [1.29, 1.82) is 0 Å². The van der Waals surface area contributed by atoms with Gasteiger partial charge in [0.15, 0.2) is 0 Å². The first-order valence-electron chi connectivity index (χ1n) is 6.82. The molecule has 1 heterocycles. The highest BCUT2D eigenvalue weighted by Crippen LogP contribution is 2.23. The van der Waals surface area contributed by atoms with Gasteiger partial charge in [-0.3, -0.25) is 0 Å². The maximum absolute atomic E-state index is 11.6. The molecule has 1 aromatic rings. The number of aliphatic hydroxyl groups excluding tert-OH is 1. The number of aliphatic hydroxyl groups is 1. The number of ether oxygens (including phenoxy) is 1. The molecule has 7 heteroatoms. The van der Waals surface area contributed by atoms with E-state index in [-0.39, 0.29) is 18.7 Å². The predicted octanol–water partition coefficient (Wildman–Crippen LogP) is 2.51. The molecule has 2 unspecified atom stereocenters. The van der Waals surface area contributed by atoms with Crippen molar-refractivity contribution in [1.82, 2.24) is 10.6 Å². The van der Waals surface area contributed by atoms with Crippen LogP contribution in [0.2, 0.25) is 10.0 Å². The molecule has 1 aromatic carbocycles. The van der Waals surface area contributed by atoms with Gasteiger partial charge in [-0.05, 0) is 36.6 Å². The van der Waals surface area contributed by atoms with Gasteiger partial charge in [0.1, 0.15) is 0 Å². The van der Waals surface area contributed by atoms with Gasteiger partial charge in [-0.25, -0.2) is 4.79 Å². The van der Waals surface area contributed by atoms with Crippen molar-refractivity contribution >= 4 is 29.2 Å². The van der Waals surface area contributed by atoms with Gasteiger partial charge in [0.2, 0.25) is 0 Å². The third-order valence-corrected chi connectivity index (χ3v) is 3.68. The summed E-state index contributed by atoms with van der Waals surface area (Å²) in [5.74, 6) is 0. The van der Waals surface area contributed by atoms with E-state index in [2.05, 4.69) is 10.6 Å². The third kappa shape index (κ3) is 5.36. The zero-order valence-corrected chi connectivity index (χ0v) is 13.0. The largest absolute Gasteiger partial charge is 0.387 e. The Hall–Kier alpha value is -1.01. The third-order valence-electron chi connectivity index (χ3n) is 3.24. The molecular formula is C14H18Cl2N2O3. The molecule has 116 valence electrons. The van der Waals surface area contributed by atoms with Crippen molar-refractivity contribution in [2.45, 2.75) is 25.0 Å². The first kappa shape index (κ1) is 16.4. The smallest absolute Gasteiger partial charge is 0.314 e. The summed E-state index contributed by atoms with van der Waals surface area (Å²) in [7, 11) is 0. The first-order valence-corrected chi connectivity index (χ1v) is 7.57. The minimum atomic E-state index is -0.866. The normalized spacial score (nSPS) is 19.3. The Kier molecular flexibility index (Phi) is 6.11. The topological polar surface area (TPSA) is 70.6 Å². The lowest BCUT2D eigenvalue weighted by Gasteiger charge is -2.15. The maximum atomic E-state index is 11.6. The number of hydrogen-bond acceptors (Lipinski definition) is 3. The van der Waals surface area contributed by atoms with Crippen LogP contribution in [0.4, 0.5) is 4.79 Å². The molecule has 21 heavy (non-hydrogen) atoms. The number of carbonyl (C=O) groups is 1. The summed E-state index contributed by atoms with van der Waals surface area (Å²) in [6, 6.07) is 4.48. The first-order chi connectivity index (χ1) is 10.0. The van der Waals surface area contributed by atoms with E-state index in [4.69, 9.17) is 27.9 Å². The summed E-state index contributed by atoms with van der Waals surface area (Å²) in [5.41, 5.74) is 0.562. The van der Waals surface area contributed by atoms with Crippen LogP contribution in [0.1, 0.15) is 24.5 Å². The standard InChI is InChI=1S/C14H18Cl2N2O3/c15-10-4-9(5-11(16)6-10)13(19)8-18-14(20)17-7-12-2-1-3-21-12/h4-6,12-13,19H,1-3,7-8H2,(H2,17,18,20). The van der Waals surface area contributed by atoms with Crippen molar-refractivity contribution in [3.8, 4) is 0 Å². The van der Waals surface area contributed by atoms with Gasteiger partial charge in [-0.1, -0.05) is 23.2 Å². The van der Waals surface area contributed by atoms with E-state index in [1.54, 1.807) is 18.2 Å². The minimum Gasteiger partial charge on any atom is -0.387 e. The Morgan fingerprint density at radius 1 is 1.33 bits per heavy atom. The Labute approximate surface area is 133 Å². The van der Waals surface area contributed by atoms with E-state index in [0.717, 1.165) is 19.4 Å². The lowest BCUT2D eigenvalue weighted by molar-refractivity contribution is 0.111. The second kappa shape index (κ2) is 7.84. The van der Waals surface area contributed by atoms with Crippen LogP contribution in [0.5, 0.6) is 0 Å². The summed E-state index contributed by atoms with van der Waals surface area (Å²) in [4.78, 5) is 11.6. The number of benzene rings is 1. The number of amides is 2. The molecular weight excluding hydrogens is 315 g/mol. The fourth-order valence-electron chi connectivity index (χ4n) is 2.15. The van der Waals surface area contributed by atoms with Gasteiger partial charge in [0.05, 0.1) is 12.2 Å². The average molecular weight is 333 g/mol. The molecule has 0 saturated carbocycles. The molecule has 2 rings (SSSR count). The second-order valence-electron chi connectivity index (χ2n) is 4.94. The zero-order valence-electron chi connectivity index (χ0n) is 11.4. The van der Waals surface area contributed by atoms with E-state index in [0.29, 0.717) is 22.2 Å². The van der Waals surface area contributed by atoms with Crippen LogP contribution in [0.3, 0.4) is 0 Å². The van der Waals surface area contributed by atoms with Gasteiger partial charge in [-0.15, -0.1) is 0 Å². The van der Waals surface area contributed by atoms with Crippen LogP contribution in [0.15, 0.2) is 18.2 Å². The maximum Gasteiger partial charge on any atom is 0.314 e. The highest BCUT2D eigenvalue weighted by atomic mass is 35.5. The lowest BCUT2D eigenvalue weighted by atomic mass is 10.1. The van der Waals surface area contributed by atoms with E-state index in [1.807, 2.05) is 0 Å². The molecule has 3 N–H and O–H groups in total. The number of rotatable bonds is 5. The van der Waals surface area contributed by atoms with Gasteiger partial charge in [-0.2, -0.15) is 0 Å². The summed E-state index contributed by atoms with van der Waals surface area (Å²) in [6.45, 7) is 1.31. The molecule has 0 bridgehead atoms. The quantitative estimate of drug-likeness (QED) is 0.775. The summed E-state index contributed by atoms with van der Waals surface area (Å²) in [5, 5.41) is 16.2. The summed E-state index contributed by atoms with van der Waals surface area (Å²) < 4.78 is 5.40. The van der Waals surface area contributed by atoms with Gasteiger partial charge >= 0.3 is 6.03 Å². The average Bonchev–Trinajstić information content (AvgIpc) is 2.94. The van der Waals surface area contributed by atoms with Crippen molar-refractivity contribution < 1.29 is 14.6 Å². The molecule has 0 radical (unpaired) electrons. The molecule has 1 fully saturated rings. The summed E-state index contributed by atoms with van der Waals surface area (Å²) in [6.07, 6.45) is 1.22. The number of carbonyl (C=O) groups excluding carboxylic acids is 1. The molecule has 2 atom stereocenters. The highest BCUT2D eigenvalue weighted by Gasteiger charge is 2.16. The number of hydrogen-bond donors (Lipinski definition) is 3. The van der Waals surface area contributed by atoms with E-state index >= 15 is 0 Å². The highest BCUT2D eigenvalue weighted by molar-refractivity contribution is 6.34. The molecule has 1 saturated heterocycles. The van der Waals surface area contributed by atoms with Crippen LogP contribution >= 0.6 is 23.2 Å². The van der Waals surface area contributed by atoms with E-state index < -0.39 is 6.10 Å².